The molecule has 0 radical (unpaired) electrons. The van der Waals surface area contributed by atoms with Gasteiger partial charge in [0.25, 0.3) is 11.8 Å². The zero-order valence-corrected chi connectivity index (χ0v) is 25.8. The molecule has 216 valence electrons. The Hall–Kier alpha value is -4.80. The first-order valence-corrected chi connectivity index (χ1v) is 15.0. The summed E-state index contributed by atoms with van der Waals surface area (Å²) in [5.41, 5.74) is 9.23. The number of aromatic nitrogens is 1. The summed E-state index contributed by atoms with van der Waals surface area (Å²) >= 11 is 4.95. The Morgan fingerprint density at radius 1 is 0.930 bits per heavy atom. The number of halogens is 1. The van der Waals surface area contributed by atoms with Crippen molar-refractivity contribution < 1.29 is 14.3 Å². The molecule has 10 heteroatoms. The van der Waals surface area contributed by atoms with Crippen molar-refractivity contribution in [2.45, 2.75) is 13.8 Å². The quantitative estimate of drug-likeness (QED) is 0.106. The molecule has 0 unspecified atom stereocenters. The van der Waals surface area contributed by atoms with E-state index < -0.39 is 0 Å². The average Bonchev–Trinajstić information content (AvgIpc) is 3.47. The van der Waals surface area contributed by atoms with Crippen molar-refractivity contribution in [2.24, 2.45) is 5.10 Å². The van der Waals surface area contributed by atoms with Crippen LogP contribution in [0.2, 0.25) is 0 Å². The van der Waals surface area contributed by atoms with E-state index in [1.165, 1.54) is 17.6 Å². The van der Waals surface area contributed by atoms with E-state index in [1.54, 1.807) is 30.3 Å². The Kier molecular flexibility index (Phi) is 9.60. The lowest BCUT2D eigenvalue weighted by Crippen LogP contribution is -2.21. The largest absolute Gasteiger partial charge is 0.483 e. The van der Waals surface area contributed by atoms with Crippen molar-refractivity contribution in [3.05, 3.63) is 123 Å². The van der Waals surface area contributed by atoms with E-state index >= 15 is 0 Å². The first kappa shape index (κ1) is 29.7. The molecule has 0 aliphatic heterocycles. The number of aryl methyl sites for hydroxylation is 2. The van der Waals surface area contributed by atoms with Gasteiger partial charge in [0.2, 0.25) is 0 Å². The average molecular weight is 655 g/mol. The van der Waals surface area contributed by atoms with Crippen LogP contribution in [0.1, 0.15) is 27.0 Å². The molecule has 3 N–H and O–H groups in total. The highest BCUT2D eigenvalue weighted by molar-refractivity contribution is 9.10. The van der Waals surface area contributed by atoms with Crippen molar-refractivity contribution in [1.29, 1.82) is 0 Å². The van der Waals surface area contributed by atoms with E-state index in [0.717, 1.165) is 37.7 Å². The van der Waals surface area contributed by atoms with E-state index in [2.05, 4.69) is 42.1 Å². The molecule has 0 aliphatic carbocycles. The molecule has 0 fully saturated rings. The highest BCUT2D eigenvalue weighted by Gasteiger charge is 2.10. The molecular formula is C33H28BrN5O3S. The van der Waals surface area contributed by atoms with Gasteiger partial charge in [0.05, 0.1) is 11.9 Å². The minimum atomic E-state index is -0.363. The zero-order valence-electron chi connectivity index (χ0n) is 23.4. The number of para-hydroxylation sites is 1. The van der Waals surface area contributed by atoms with Crippen molar-refractivity contribution in [1.82, 2.24) is 10.4 Å². The standard InChI is InChI=1S/C33H28BrN5O3S/c1-21-8-14-28(16-22(21)2)36-31(40)19-42-30-15-13-26(34)17-25(30)18-35-39-32(41)24-11-9-23(10-12-24)29-20-43-33(38-29)37-27-6-4-3-5-7-27/h3-18,20H,19H2,1-2H3,(H,36,40)(H,37,38)(H,39,41)/b35-18+. The Balaban J connectivity index is 1.16. The predicted octanol–water partition coefficient (Wildman–Crippen LogP) is 7.71. The van der Waals surface area contributed by atoms with Crippen LogP contribution in [-0.4, -0.2) is 29.6 Å². The molecule has 1 aromatic heterocycles. The van der Waals surface area contributed by atoms with Gasteiger partial charge in [0, 0.05) is 37.9 Å². The lowest BCUT2D eigenvalue weighted by Gasteiger charge is -2.11. The minimum Gasteiger partial charge on any atom is -0.483 e. The summed E-state index contributed by atoms with van der Waals surface area (Å²) in [6.07, 6.45) is 1.48. The molecule has 43 heavy (non-hydrogen) atoms. The summed E-state index contributed by atoms with van der Waals surface area (Å²) in [7, 11) is 0. The van der Waals surface area contributed by atoms with Gasteiger partial charge in [0.1, 0.15) is 5.75 Å². The fraction of sp³-hybridized carbons (Fsp3) is 0.0909. The van der Waals surface area contributed by atoms with E-state index in [4.69, 9.17) is 4.74 Å². The third kappa shape index (κ3) is 8.15. The van der Waals surface area contributed by atoms with Crippen LogP contribution in [0.3, 0.4) is 0 Å². The summed E-state index contributed by atoms with van der Waals surface area (Å²) in [4.78, 5) is 29.8. The molecule has 8 nitrogen and oxygen atoms in total. The fourth-order valence-electron chi connectivity index (χ4n) is 4.04. The second-order valence-electron chi connectivity index (χ2n) is 9.62. The van der Waals surface area contributed by atoms with Gasteiger partial charge in [-0.3, -0.25) is 9.59 Å². The molecular weight excluding hydrogens is 626 g/mol. The van der Waals surface area contributed by atoms with Gasteiger partial charge < -0.3 is 15.4 Å². The third-order valence-electron chi connectivity index (χ3n) is 6.46. The Morgan fingerprint density at radius 2 is 1.72 bits per heavy atom. The van der Waals surface area contributed by atoms with E-state index in [9.17, 15) is 9.59 Å². The maximum Gasteiger partial charge on any atom is 0.271 e. The Bertz CT molecular complexity index is 1770. The molecule has 0 saturated heterocycles. The third-order valence-corrected chi connectivity index (χ3v) is 7.71. The van der Waals surface area contributed by atoms with Crippen LogP contribution in [0.15, 0.2) is 106 Å². The molecule has 0 spiro atoms. The SMILES string of the molecule is Cc1ccc(NC(=O)COc2ccc(Br)cc2/C=N/NC(=O)c2ccc(-c3csc(Nc4ccccc4)n3)cc2)cc1C. The van der Waals surface area contributed by atoms with Crippen molar-refractivity contribution in [3.8, 4) is 17.0 Å². The number of nitrogens with zero attached hydrogens (tertiary/aromatic N) is 2. The number of benzene rings is 4. The summed E-state index contributed by atoms with van der Waals surface area (Å²) < 4.78 is 6.56. The molecule has 0 bridgehead atoms. The number of thiazole rings is 1. The summed E-state index contributed by atoms with van der Waals surface area (Å²) in [5, 5.41) is 13.0. The highest BCUT2D eigenvalue weighted by atomic mass is 79.9. The van der Waals surface area contributed by atoms with Crippen molar-refractivity contribution in [3.63, 3.8) is 0 Å². The second kappa shape index (κ2) is 13.9. The number of anilines is 3. The maximum absolute atomic E-state index is 12.7. The van der Waals surface area contributed by atoms with E-state index in [1.807, 2.05) is 79.9 Å². The predicted molar refractivity (Wildman–Crippen MR) is 177 cm³/mol. The van der Waals surface area contributed by atoms with Gasteiger partial charge in [-0.1, -0.05) is 52.3 Å². The smallest absolute Gasteiger partial charge is 0.271 e. The molecule has 5 aromatic rings. The van der Waals surface area contributed by atoms with Crippen LogP contribution in [0.4, 0.5) is 16.5 Å². The molecule has 2 amide bonds. The minimum absolute atomic E-state index is 0.184. The first-order valence-electron chi connectivity index (χ1n) is 13.3. The lowest BCUT2D eigenvalue weighted by atomic mass is 10.1. The first-order chi connectivity index (χ1) is 20.8. The Morgan fingerprint density at radius 3 is 2.49 bits per heavy atom. The molecule has 4 aromatic carbocycles. The molecule has 0 aliphatic rings. The molecule has 0 atom stereocenters. The summed E-state index contributed by atoms with van der Waals surface area (Å²) in [6, 6.07) is 28.1. The van der Waals surface area contributed by atoms with Crippen LogP contribution in [0.5, 0.6) is 5.75 Å². The van der Waals surface area contributed by atoms with E-state index in [0.29, 0.717) is 22.6 Å². The molecule has 1 heterocycles. The summed E-state index contributed by atoms with van der Waals surface area (Å²) in [5.74, 6) is -0.199. The normalized spacial score (nSPS) is 10.9. The van der Waals surface area contributed by atoms with Crippen molar-refractivity contribution >= 4 is 61.8 Å². The number of ether oxygens (including phenoxy) is 1. The molecule has 0 saturated carbocycles. The van der Waals surface area contributed by atoms with Crippen LogP contribution in [0.25, 0.3) is 11.3 Å². The van der Waals surface area contributed by atoms with Gasteiger partial charge in [0.15, 0.2) is 11.7 Å². The number of carbonyl (C=O) groups excluding carboxylic acids is 2. The monoisotopic (exact) mass is 653 g/mol. The second-order valence-corrected chi connectivity index (χ2v) is 11.4. The Labute approximate surface area is 262 Å². The number of nitrogens with one attached hydrogen (secondary N) is 3. The fourth-order valence-corrected chi connectivity index (χ4v) is 5.16. The maximum atomic E-state index is 12.7. The van der Waals surface area contributed by atoms with Gasteiger partial charge in [-0.25, -0.2) is 10.4 Å². The lowest BCUT2D eigenvalue weighted by molar-refractivity contribution is -0.118. The number of amides is 2. The van der Waals surface area contributed by atoms with Crippen LogP contribution >= 0.6 is 27.3 Å². The van der Waals surface area contributed by atoms with E-state index in [-0.39, 0.29) is 18.4 Å². The van der Waals surface area contributed by atoms with Crippen LogP contribution in [-0.2, 0) is 4.79 Å². The number of hydrazone groups is 1. The van der Waals surface area contributed by atoms with Crippen LogP contribution < -0.4 is 20.8 Å². The van der Waals surface area contributed by atoms with Crippen molar-refractivity contribution in [2.75, 3.05) is 17.2 Å². The number of hydrogen-bond donors (Lipinski definition) is 3. The zero-order chi connectivity index (χ0) is 30.2. The molecule has 5 rings (SSSR count). The van der Waals surface area contributed by atoms with Gasteiger partial charge in [-0.15, -0.1) is 11.3 Å². The number of hydrogen-bond acceptors (Lipinski definition) is 7. The van der Waals surface area contributed by atoms with Gasteiger partial charge in [-0.05, 0) is 79.6 Å². The van der Waals surface area contributed by atoms with Gasteiger partial charge >= 0.3 is 0 Å². The topological polar surface area (TPSA) is 105 Å². The van der Waals surface area contributed by atoms with Crippen LogP contribution in [0, 0.1) is 13.8 Å². The summed E-state index contributed by atoms with van der Waals surface area (Å²) in [6.45, 7) is 3.83. The number of carbonyl (C=O) groups is 2. The number of rotatable bonds is 10. The van der Waals surface area contributed by atoms with Gasteiger partial charge in [-0.2, -0.15) is 5.10 Å². The highest BCUT2D eigenvalue weighted by Crippen LogP contribution is 2.27.